The van der Waals surface area contributed by atoms with Crippen LogP contribution in [0.5, 0.6) is 11.5 Å². The van der Waals surface area contributed by atoms with Crippen molar-refractivity contribution in [2.24, 2.45) is 0 Å². The zero-order valence-electron chi connectivity index (χ0n) is 20.2. The highest BCUT2D eigenvalue weighted by Gasteiger charge is 2.14. The zero-order valence-corrected chi connectivity index (χ0v) is 20.2. The zero-order chi connectivity index (χ0) is 24.8. The molecule has 0 radical (unpaired) electrons. The van der Waals surface area contributed by atoms with Crippen LogP contribution in [0.3, 0.4) is 0 Å². The van der Waals surface area contributed by atoms with E-state index in [-0.39, 0.29) is 18.3 Å². The Morgan fingerprint density at radius 3 is 2.00 bits per heavy atom. The molecule has 36 heavy (non-hydrogen) atoms. The van der Waals surface area contributed by atoms with Gasteiger partial charge in [0.15, 0.2) is 0 Å². The van der Waals surface area contributed by atoms with Gasteiger partial charge in [0.05, 0.1) is 13.2 Å². The van der Waals surface area contributed by atoms with Gasteiger partial charge in [0, 0.05) is 6.42 Å². The molecule has 0 aliphatic heterocycles. The molecule has 0 spiro atoms. The van der Waals surface area contributed by atoms with E-state index in [2.05, 4.69) is 10.2 Å². The van der Waals surface area contributed by atoms with Crippen molar-refractivity contribution in [1.82, 2.24) is 10.2 Å². The highest BCUT2D eigenvalue weighted by molar-refractivity contribution is 5.91. The third kappa shape index (κ3) is 8.36. The standard InChI is InChI=1S/C29H30N2O5/c32-27(29-31-30-28(36-29)22-33-20-23-10-4-1-5-11-23)14-8-3-9-19-34-25-15-17-26(18-16-25)35-21-24-12-6-2-7-13-24/h1-2,4-7,10-13,15-18H,3,8-9,14,19-22H2. The van der Waals surface area contributed by atoms with Gasteiger partial charge < -0.3 is 18.6 Å². The Labute approximate surface area is 211 Å². The molecule has 7 heteroatoms. The molecule has 7 nitrogen and oxygen atoms in total. The molecule has 0 fully saturated rings. The Morgan fingerprint density at radius 2 is 1.31 bits per heavy atom. The van der Waals surface area contributed by atoms with E-state index < -0.39 is 0 Å². The fraction of sp³-hybridized carbons (Fsp3) is 0.276. The number of nitrogens with zero attached hydrogens (tertiary/aromatic N) is 2. The molecule has 0 unspecified atom stereocenters. The number of hydrogen-bond donors (Lipinski definition) is 0. The summed E-state index contributed by atoms with van der Waals surface area (Å²) in [4.78, 5) is 12.3. The summed E-state index contributed by atoms with van der Waals surface area (Å²) in [6, 6.07) is 27.5. The van der Waals surface area contributed by atoms with Crippen molar-refractivity contribution in [3.05, 3.63) is 108 Å². The summed E-state index contributed by atoms with van der Waals surface area (Å²) in [5, 5.41) is 7.75. The van der Waals surface area contributed by atoms with Gasteiger partial charge in [-0.1, -0.05) is 60.7 Å². The van der Waals surface area contributed by atoms with E-state index in [9.17, 15) is 4.79 Å². The molecular weight excluding hydrogens is 456 g/mol. The molecule has 186 valence electrons. The molecule has 0 amide bonds. The van der Waals surface area contributed by atoms with Crippen molar-refractivity contribution >= 4 is 5.78 Å². The molecule has 0 bridgehead atoms. The fourth-order valence-corrected chi connectivity index (χ4v) is 3.49. The van der Waals surface area contributed by atoms with E-state index in [1.807, 2.05) is 84.9 Å². The van der Waals surface area contributed by atoms with Gasteiger partial charge in [-0.25, -0.2) is 0 Å². The Morgan fingerprint density at radius 1 is 0.667 bits per heavy atom. The molecule has 3 aromatic carbocycles. The Balaban J connectivity index is 1.06. The lowest BCUT2D eigenvalue weighted by Crippen LogP contribution is -2.01. The second kappa shape index (κ2) is 13.8. The largest absolute Gasteiger partial charge is 0.494 e. The molecule has 1 heterocycles. The number of hydrogen-bond acceptors (Lipinski definition) is 7. The topological polar surface area (TPSA) is 83.7 Å². The lowest BCUT2D eigenvalue weighted by molar-refractivity contribution is 0.0847. The third-order valence-electron chi connectivity index (χ3n) is 5.43. The molecule has 0 aliphatic rings. The van der Waals surface area contributed by atoms with E-state index in [0.717, 1.165) is 41.9 Å². The molecule has 0 saturated carbocycles. The fourth-order valence-electron chi connectivity index (χ4n) is 3.49. The predicted octanol–water partition coefficient (Wildman–Crippen LogP) is 6.19. The van der Waals surface area contributed by atoms with E-state index in [0.29, 0.717) is 32.1 Å². The maximum Gasteiger partial charge on any atom is 0.284 e. The van der Waals surface area contributed by atoms with Gasteiger partial charge in [0.2, 0.25) is 11.7 Å². The Kier molecular flexibility index (Phi) is 9.63. The average molecular weight is 487 g/mol. The Hall–Kier alpha value is -3.97. The van der Waals surface area contributed by atoms with Crippen LogP contribution in [-0.2, 0) is 24.6 Å². The molecule has 0 N–H and O–H groups in total. The molecule has 0 atom stereocenters. The SMILES string of the molecule is O=C(CCCCCOc1ccc(OCc2ccccc2)cc1)c1nnc(COCc2ccccc2)o1. The summed E-state index contributed by atoms with van der Waals surface area (Å²) in [6.45, 7) is 1.74. The highest BCUT2D eigenvalue weighted by Crippen LogP contribution is 2.19. The van der Waals surface area contributed by atoms with Crippen molar-refractivity contribution in [2.45, 2.75) is 45.5 Å². The lowest BCUT2D eigenvalue weighted by Gasteiger charge is -2.09. The first kappa shape index (κ1) is 25.1. The first-order chi connectivity index (χ1) is 17.8. The van der Waals surface area contributed by atoms with Crippen LogP contribution < -0.4 is 9.47 Å². The van der Waals surface area contributed by atoms with Crippen molar-refractivity contribution in [3.8, 4) is 11.5 Å². The predicted molar refractivity (Wildman–Crippen MR) is 135 cm³/mol. The first-order valence-corrected chi connectivity index (χ1v) is 12.1. The quantitative estimate of drug-likeness (QED) is 0.146. The van der Waals surface area contributed by atoms with Crippen LogP contribution in [0.25, 0.3) is 0 Å². The number of aromatic nitrogens is 2. The number of benzene rings is 3. The molecule has 1 aromatic heterocycles. The highest BCUT2D eigenvalue weighted by atomic mass is 16.5. The number of Topliss-reactive ketones (excluding diaryl/α,β-unsaturated/α-hetero) is 1. The van der Waals surface area contributed by atoms with Gasteiger partial charge in [0.1, 0.15) is 24.7 Å². The third-order valence-corrected chi connectivity index (χ3v) is 5.43. The first-order valence-electron chi connectivity index (χ1n) is 12.1. The van der Waals surface area contributed by atoms with Crippen molar-refractivity contribution in [2.75, 3.05) is 6.61 Å². The van der Waals surface area contributed by atoms with Crippen LogP contribution in [-0.4, -0.2) is 22.6 Å². The maximum absolute atomic E-state index is 12.3. The van der Waals surface area contributed by atoms with Crippen molar-refractivity contribution in [3.63, 3.8) is 0 Å². The summed E-state index contributed by atoms with van der Waals surface area (Å²) >= 11 is 0. The van der Waals surface area contributed by atoms with E-state index in [1.54, 1.807) is 0 Å². The van der Waals surface area contributed by atoms with Gasteiger partial charge in [-0.05, 0) is 54.7 Å². The van der Waals surface area contributed by atoms with Crippen molar-refractivity contribution in [1.29, 1.82) is 0 Å². The normalized spacial score (nSPS) is 10.8. The minimum Gasteiger partial charge on any atom is -0.494 e. The van der Waals surface area contributed by atoms with Crippen LogP contribution in [0.1, 0.15) is 53.4 Å². The van der Waals surface area contributed by atoms with Gasteiger partial charge in [-0.15, -0.1) is 10.2 Å². The second-order valence-corrected chi connectivity index (χ2v) is 8.31. The lowest BCUT2D eigenvalue weighted by atomic mass is 10.1. The Bertz CT molecular complexity index is 1180. The molecule has 4 aromatic rings. The number of ketones is 1. The van der Waals surface area contributed by atoms with Gasteiger partial charge in [-0.3, -0.25) is 4.79 Å². The van der Waals surface area contributed by atoms with E-state index >= 15 is 0 Å². The van der Waals surface area contributed by atoms with Crippen LogP contribution in [0.4, 0.5) is 0 Å². The second-order valence-electron chi connectivity index (χ2n) is 8.31. The van der Waals surface area contributed by atoms with Crippen LogP contribution in [0.15, 0.2) is 89.3 Å². The van der Waals surface area contributed by atoms with E-state index in [1.165, 1.54) is 0 Å². The summed E-state index contributed by atoms with van der Waals surface area (Å²) in [5.74, 6) is 1.80. The van der Waals surface area contributed by atoms with Crippen molar-refractivity contribution < 1.29 is 23.4 Å². The van der Waals surface area contributed by atoms with Gasteiger partial charge in [-0.2, -0.15) is 0 Å². The number of ether oxygens (including phenoxy) is 3. The molecule has 0 saturated heterocycles. The molecule has 4 rings (SSSR count). The van der Waals surface area contributed by atoms with Gasteiger partial charge >= 0.3 is 0 Å². The summed E-state index contributed by atoms with van der Waals surface area (Å²) in [5.41, 5.74) is 2.19. The van der Waals surface area contributed by atoms with E-state index in [4.69, 9.17) is 18.6 Å². The average Bonchev–Trinajstić information content (AvgIpc) is 3.40. The smallest absolute Gasteiger partial charge is 0.284 e. The van der Waals surface area contributed by atoms with Crippen LogP contribution in [0.2, 0.25) is 0 Å². The minimum atomic E-state index is -0.149. The van der Waals surface area contributed by atoms with Crippen LogP contribution >= 0.6 is 0 Å². The number of unbranched alkanes of at least 4 members (excludes halogenated alkanes) is 2. The number of carbonyl (C=O) groups excluding carboxylic acids is 1. The monoisotopic (exact) mass is 486 g/mol. The minimum absolute atomic E-state index is 0.0409. The molecular formula is C29H30N2O5. The maximum atomic E-state index is 12.3. The summed E-state index contributed by atoms with van der Waals surface area (Å²) in [6.07, 6.45) is 2.81. The molecule has 0 aliphatic carbocycles. The number of carbonyl (C=O) groups is 1. The number of rotatable bonds is 15. The van der Waals surface area contributed by atoms with Crippen LogP contribution in [0, 0.1) is 0 Å². The summed E-state index contributed by atoms with van der Waals surface area (Å²) in [7, 11) is 0. The summed E-state index contributed by atoms with van der Waals surface area (Å²) < 4.78 is 22.6. The van der Waals surface area contributed by atoms with Gasteiger partial charge in [0.25, 0.3) is 5.89 Å².